The van der Waals surface area contributed by atoms with E-state index in [-0.39, 0.29) is 30.6 Å². The van der Waals surface area contributed by atoms with E-state index in [4.69, 9.17) is 30.6 Å². The fourth-order valence-corrected chi connectivity index (χ4v) is 5.67. The topological polar surface area (TPSA) is 245 Å². The van der Waals surface area contributed by atoms with Crippen LogP contribution in [0, 0.1) is 5.92 Å². The molecule has 2 aliphatic rings. The Kier molecular flexibility index (Phi) is 6.66. The van der Waals surface area contributed by atoms with Crippen LogP contribution < -0.4 is 11.5 Å². The number of nitrogen functional groups attached to an aromatic ring is 2. The molecule has 4 aromatic rings. The van der Waals surface area contributed by atoms with E-state index in [2.05, 4.69) is 29.9 Å². The summed E-state index contributed by atoms with van der Waals surface area (Å²) >= 11 is 0. The number of aliphatic hydroxyl groups is 2. The summed E-state index contributed by atoms with van der Waals surface area (Å²) in [7, 11) is -4.23. The van der Waals surface area contributed by atoms with Crippen LogP contribution in [-0.2, 0) is 18.6 Å². The van der Waals surface area contributed by atoms with Crippen molar-refractivity contribution in [1.82, 2.24) is 39.0 Å². The highest BCUT2D eigenvalue weighted by Crippen LogP contribution is 2.45. The van der Waals surface area contributed by atoms with Crippen molar-refractivity contribution >= 4 is 41.6 Å². The third-order valence-corrected chi connectivity index (χ3v) is 8.03. The van der Waals surface area contributed by atoms with E-state index in [1.807, 2.05) is 0 Å². The van der Waals surface area contributed by atoms with E-state index in [9.17, 15) is 14.6 Å². The number of anilines is 2. The molecule has 18 heteroatoms. The zero-order valence-corrected chi connectivity index (χ0v) is 21.4. The van der Waals surface area contributed by atoms with Crippen molar-refractivity contribution < 1.29 is 33.7 Å². The predicted molar refractivity (Wildman–Crippen MR) is 134 cm³/mol. The lowest BCUT2D eigenvalue weighted by Gasteiger charge is -2.24. The van der Waals surface area contributed by atoms with E-state index in [0.29, 0.717) is 41.6 Å². The number of nitrogens with two attached hydrogens (primary N) is 2. The molecular weight excluding hydrogens is 535 g/mol. The van der Waals surface area contributed by atoms with Gasteiger partial charge in [-0.05, 0) is 19.3 Å². The van der Waals surface area contributed by atoms with Crippen LogP contribution in [0.1, 0.15) is 31.7 Å². The Morgan fingerprint density at radius 2 is 1.62 bits per heavy atom. The van der Waals surface area contributed by atoms with Gasteiger partial charge in [-0.1, -0.05) is 0 Å². The number of rotatable bonds is 8. The number of hydrogen-bond acceptors (Lipinski definition) is 14. The lowest BCUT2D eigenvalue weighted by atomic mass is 9.91. The monoisotopic (exact) mass is 562 g/mol. The Balaban J connectivity index is 1.23. The van der Waals surface area contributed by atoms with Gasteiger partial charge < -0.3 is 40.6 Å². The molecule has 0 aliphatic carbocycles. The van der Waals surface area contributed by atoms with Crippen molar-refractivity contribution in [1.29, 1.82) is 0 Å². The second-order valence-corrected chi connectivity index (χ2v) is 11.3. The summed E-state index contributed by atoms with van der Waals surface area (Å²) < 4.78 is 32.8. The minimum Gasteiger partial charge on any atom is -0.388 e. The first-order valence-electron chi connectivity index (χ1n) is 12.2. The van der Waals surface area contributed by atoms with Gasteiger partial charge in [0.25, 0.3) is 0 Å². The number of aromatic nitrogens is 8. The van der Waals surface area contributed by atoms with Crippen molar-refractivity contribution in [3.8, 4) is 0 Å². The lowest BCUT2D eigenvalue weighted by molar-refractivity contribution is -0.0484. The van der Waals surface area contributed by atoms with Crippen LogP contribution in [0.2, 0.25) is 0 Å². The molecule has 4 aromatic heterocycles. The molecule has 0 spiro atoms. The van der Waals surface area contributed by atoms with Gasteiger partial charge in [-0.15, -0.1) is 0 Å². The molecule has 6 heterocycles. The maximum atomic E-state index is 12.0. The Hall–Kier alpha value is -3.31. The molecule has 2 fully saturated rings. The SMILES string of the molecule is Nc1ncnc2c1ncn2C1OC(COP(=O)(O)CO)C(CC2CC[C@H](n3cnc4c(N)ncnc43)O2)C1O. The summed E-state index contributed by atoms with van der Waals surface area (Å²) in [5, 5.41) is 20.6. The molecule has 7 atom stereocenters. The Morgan fingerprint density at radius 1 is 0.974 bits per heavy atom. The van der Waals surface area contributed by atoms with Crippen molar-refractivity contribution in [2.45, 2.75) is 50.0 Å². The summed E-state index contributed by atoms with van der Waals surface area (Å²) in [6.45, 7) is -0.338. The maximum absolute atomic E-state index is 12.0. The second kappa shape index (κ2) is 10.0. The molecule has 0 aromatic carbocycles. The smallest absolute Gasteiger partial charge is 0.353 e. The molecule has 6 unspecified atom stereocenters. The Bertz CT molecular complexity index is 1550. The molecule has 2 aliphatic heterocycles. The number of hydrogen-bond donors (Lipinski definition) is 5. The van der Waals surface area contributed by atoms with E-state index < -0.39 is 38.3 Å². The van der Waals surface area contributed by atoms with Gasteiger partial charge in [0.2, 0.25) is 0 Å². The summed E-state index contributed by atoms with van der Waals surface area (Å²) in [5.41, 5.74) is 13.6. The van der Waals surface area contributed by atoms with Crippen LogP contribution in [0.3, 0.4) is 0 Å². The first-order chi connectivity index (χ1) is 18.8. The predicted octanol–water partition coefficient (Wildman–Crippen LogP) is -0.0754. The molecule has 7 N–H and O–H groups in total. The second-order valence-electron chi connectivity index (χ2n) is 9.49. The highest BCUT2D eigenvalue weighted by molar-refractivity contribution is 7.52. The minimum atomic E-state index is -4.23. The maximum Gasteiger partial charge on any atom is 0.353 e. The Labute approximate surface area is 220 Å². The number of fused-ring (bicyclic) bond motifs is 2. The third-order valence-electron chi connectivity index (χ3n) is 7.12. The van der Waals surface area contributed by atoms with Gasteiger partial charge in [0, 0.05) is 5.92 Å². The van der Waals surface area contributed by atoms with Crippen LogP contribution in [0.4, 0.5) is 11.6 Å². The summed E-state index contributed by atoms with van der Waals surface area (Å²) in [5.74, 6) is -0.112. The zero-order chi connectivity index (χ0) is 27.3. The van der Waals surface area contributed by atoms with Crippen LogP contribution in [0.25, 0.3) is 22.3 Å². The number of aliphatic hydroxyl groups excluding tert-OH is 2. The van der Waals surface area contributed by atoms with Gasteiger partial charge >= 0.3 is 7.60 Å². The molecule has 17 nitrogen and oxygen atoms in total. The fraction of sp³-hybridized carbons (Fsp3) is 0.524. The van der Waals surface area contributed by atoms with E-state index >= 15 is 0 Å². The van der Waals surface area contributed by atoms with Gasteiger partial charge in [-0.25, -0.2) is 29.9 Å². The minimum absolute atomic E-state index is 0.177. The third kappa shape index (κ3) is 4.71. The van der Waals surface area contributed by atoms with Crippen molar-refractivity contribution in [3.63, 3.8) is 0 Å². The quantitative estimate of drug-likeness (QED) is 0.176. The largest absolute Gasteiger partial charge is 0.388 e. The first-order valence-corrected chi connectivity index (χ1v) is 13.9. The standard InChI is InChI=1S/C21H27N10O7P/c22-17-14-19(26-5-24-17)30(7-28-14)13-2-1-10(37-13)3-11-12(4-36-39(34,35)9-32)38-21(16(11)33)31-8-29-15-18(23)25-6-27-20(15)31/h5-8,10-13,16,21,32-33H,1-4,9H2,(H,34,35)(H2,22,24,26)(H2,23,25,27)/t10?,11?,12?,13-,16?,21?/m1/s1. The zero-order valence-electron chi connectivity index (χ0n) is 20.5. The molecule has 208 valence electrons. The number of ether oxygens (including phenoxy) is 2. The molecule has 39 heavy (non-hydrogen) atoms. The lowest BCUT2D eigenvalue weighted by Crippen LogP contribution is -2.32. The molecule has 0 bridgehead atoms. The van der Waals surface area contributed by atoms with Gasteiger partial charge in [-0.3, -0.25) is 13.7 Å². The van der Waals surface area contributed by atoms with E-state index in [1.165, 1.54) is 23.5 Å². The molecule has 2 saturated heterocycles. The first kappa shape index (κ1) is 25.9. The normalized spacial score (nSPS) is 28.9. The Morgan fingerprint density at radius 3 is 2.28 bits per heavy atom. The van der Waals surface area contributed by atoms with Gasteiger partial charge in [0.15, 0.2) is 29.2 Å². The molecule has 0 saturated carbocycles. The highest BCUT2D eigenvalue weighted by Gasteiger charge is 2.47. The summed E-state index contributed by atoms with van der Waals surface area (Å²) in [6, 6.07) is 0. The van der Waals surface area contributed by atoms with Crippen LogP contribution in [-0.4, -0.2) is 85.4 Å². The summed E-state index contributed by atoms with van der Waals surface area (Å²) in [6.07, 6.45) is 2.85. The molecule has 0 radical (unpaired) electrons. The van der Waals surface area contributed by atoms with Gasteiger partial charge in [-0.2, -0.15) is 0 Å². The van der Waals surface area contributed by atoms with E-state index in [0.717, 1.165) is 0 Å². The van der Waals surface area contributed by atoms with E-state index in [1.54, 1.807) is 10.9 Å². The molecule has 6 rings (SSSR count). The molecular formula is C21H27N10O7P. The summed E-state index contributed by atoms with van der Waals surface area (Å²) in [4.78, 5) is 34.7. The van der Waals surface area contributed by atoms with Crippen molar-refractivity contribution in [2.75, 3.05) is 24.4 Å². The van der Waals surface area contributed by atoms with Crippen LogP contribution >= 0.6 is 7.60 Å². The van der Waals surface area contributed by atoms with Crippen LogP contribution in [0.5, 0.6) is 0 Å². The fourth-order valence-electron chi connectivity index (χ4n) is 5.21. The van der Waals surface area contributed by atoms with Crippen molar-refractivity contribution in [2.24, 2.45) is 5.92 Å². The average Bonchev–Trinajstić information content (AvgIpc) is 3.70. The van der Waals surface area contributed by atoms with Gasteiger partial charge in [0.05, 0.1) is 31.5 Å². The molecule has 0 amide bonds. The average molecular weight is 562 g/mol. The van der Waals surface area contributed by atoms with Gasteiger partial charge in [0.1, 0.15) is 42.4 Å². The number of nitrogens with zero attached hydrogens (tertiary/aromatic N) is 8. The van der Waals surface area contributed by atoms with Crippen molar-refractivity contribution in [3.05, 3.63) is 25.3 Å². The number of imidazole rings is 2. The highest BCUT2D eigenvalue weighted by atomic mass is 31.2. The van der Waals surface area contributed by atoms with Crippen LogP contribution in [0.15, 0.2) is 25.3 Å².